The summed E-state index contributed by atoms with van der Waals surface area (Å²) in [7, 11) is 0. The summed E-state index contributed by atoms with van der Waals surface area (Å²) >= 11 is 0. The van der Waals surface area contributed by atoms with Gasteiger partial charge in [-0.2, -0.15) is 0 Å². The van der Waals surface area contributed by atoms with Crippen molar-refractivity contribution in [2.45, 2.75) is 271 Å². The molecule has 384 valence electrons. The van der Waals surface area contributed by atoms with Gasteiger partial charge >= 0.3 is 17.9 Å². The third-order valence-electron chi connectivity index (χ3n) is 11.9. The standard InChI is InChI=1S/C61H104O6/c1-4-7-10-13-16-19-22-25-28-30-33-36-39-42-45-48-51-54-60(63)66-57-58(56-65-59(62)53-50-47-44-41-38-35-32-27-24-21-18-15-12-9-6-3)67-61(64)55-52-49-46-43-40-37-34-31-29-26-23-20-17-14-11-8-5-2/h9,12,16,18-19,21,25-29,32,38,41,58H,4-8,10-11,13-15,17,20,22-24,30-31,33-37,39-40,42-57H2,1-3H3/b12-9-,19-16-,21-18-,28-25-,29-26-,32-27-,41-38-. The molecule has 0 radical (unpaired) electrons. The average Bonchev–Trinajstić information content (AvgIpc) is 3.33. The first-order chi connectivity index (χ1) is 33.0. The average molecular weight is 933 g/mol. The number of unbranched alkanes of at least 4 members (excludes halogenated alkanes) is 25. The summed E-state index contributed by atoms with van der Waals surface area (Å²) in [6, 6.07) is 0. The van der Waals surface area contributed by atoms with Crippen LogP contribution in [0.15, 0.2) is 85.1 Å². The van der Waals surface area contributed by atoms with Crippen molar-refractivity contribution >= 4 is 17.9 Å². The quantitative estimate of drug-likeness (QED) is 0.0262. The van der Waals surface area contributed by atoms with Crippen molar-refractivity contribution < 1.29 is 28.6 Å². The van der Waals surface area contributed by atoms with Crippen LogP contribution < -0.4 is 0 Å². The molecule has 67 heavy (non-hydrogen) atoms. The fourth-order valence-corrected chi connectivity index (χ4v) is 7.63. The Morgan fingerprint density at radius 3 is 0.985 bits per heavy atom. The summed E-state index contributed by atoms with van der Waals surface area (Å²) in [6.07, 6.45) is 71.4. The lowest BCUT2D eigenvalue weighted by atomic mass is 10.1. The van der Waals surface area contributed by atoms with Crippen LogP contribution in [-0.4, -0.2) is 37.2 Å². The van der Waals surface area contributed by atoms with Gasteiger partial charge in [0, 0.05) is 19.3 Å². The highest BCUT2D eigenvalue weighted by Crippen LogP contribution is 2.14. The molecule has 6 heteroatoms. The van der Waals surface area contributed by atoms with Gasteiger partial charge in [-0.15, -0.1) is 0 Å². The first kappa shape index (κ1) is 63.6. The number of rotatable bonds is 50. The van der Waals surface area contributed by atoms with Crippen LogP contribution in [0.25, 0.3) is 0 Å². The molecule has 0 aromatic rings. The van der Waals surface area contributed by atoms with E-state index in [0.29, 0.717) is 19.3 Å². The maximum atomic E-state index is 12.8. The highest BCUT2D eigenvalue weighted by atomic mass is 16.6. The fourth-order valence-electron chi connectivity index (χ4n) is 7.63. The van der Waals surface area contributed by atoms with E-state index in [1.807, 2.05) is 0 Å². The van der Waals surface area contributed by atoms with Crippen LogP contribution >= 0.6 is 0 Å². The summed E-state index contributed by atoms with van der Waals surface area (Å²) in [4.78, 5) is 38.1. The van der Waals surface area contributed by atoms with E-state index in [-0.39, 0.29) is 31.1 Å². The van der Waals surface area contributed by atoms with Crippen LogP contribution in [0, 0.1) is 0 Å². The highest BCUT2D eigenvalue weighted by Gasteiger charge is 2.19. The van der Waals surface area contributed by atoms with Crippen molar-refractivity contribution in [2.24, 2.45) is 0 Å². The second-order valence-electron chi connectivity index (χ2n) is 18.5. The van der Waals surface area contributed by atoms with Gasteiger partial charge in [0.05, 0.1) is 0 Å². The Labute approximate surface area is 414 Å². The second-order valence-corrected chi connectivity index (χ2v) is 18.5. The van der Waals surface area contributed by atoms with E-state index in [1.54, 1.807) is 0 Å². The topological polar surface area (TPSA) is 78.9 Å². The molecule has 0 amide bonds. The zero-order chi connectivity index (χ0) is 48.6. The van der Waals surface area contributed by atoms with Crippen LogP contribution in [0.5, 0.6) is 0 Å². The normalized spacial score (nSPS) is 12.7. The van der Waals surface area contributed by atoms with Gasteiger partial charge in [0.15, 0.2) is 6.10 Å². The number of allylic oxidation sites excluding steroid dienone is 14. The van der Waals surface area contributed by atoms with E-state index in [4.69, 9.17) is 14.2 Å². The molecule has 0 aromatic heterocycles. The Balaban J connectivity index is 4.46. The molecule has 0 fully saturated rings. The van der Waals surface area contributed by atoms with Crippen molar-refractivity contribution in [1.82, 2.24) is 0 Å². The summed E-state index contributed by atoms with van der Waals surface area (Å²) in [5.41, 5.74) is 0. The predicted molar refractivity (Wildman–Crippen MR) is 288 cm³/mol. The first-order valence-corrected chi connectivity index (χ1v) is 28.1. The minimum atomic E-state index is -0.800. The molecule has 0 saturated heterocycles. The minimum absolute atomic E-state index is 0.0956. The Morgan fingerprint density at radius 1 is 0.313 bits per heavy atom. The van der Waals surface area contributed by atoms with Gasteiger partial charge in [0.2, 0.25) is 0 Å². The molecule has 0 aliphatic carbocycles. The molecule has 1 unspecified atom stereocenters. The van der Waals surface area contributed by atoms with Crippen LogP contribution in [0.4, 0.5) is 0 Å². The lowest BCUT2D eigenvalue weighted by molar-refractivity contribution is -0.167. The minimum Gasteiger partial charge on any atom is -0.462 e. The zero-order valence-corrected chi connectivity index (χ0v) is 43.9. The molecule has 0 aliphatic rings. The Bertz CT molecular complexity index is 1300. The second kappa shape index (κ2) is 55.2. The summed E-state index contributed by atoms with van der Waals surface area (Å²) in [5, 5.41) is 0. The molecule has 0 rings (SSSR count). The number of ether oxygens (including phenoxy) is 3. The maximum Gasteiger partial charge on any atom is 0.306 e. The maximum absolute atomic E-state index is 12.8. The van der Waals surface area contributed by atoms with Crippen molar-refractivity contribution in [3.63, 3.8) is 0 Å². The Kier molecular flexibility index (Phi) is 52.4. The number of hydrogen-bond acceptors (Lipinski definition) is 6. The van der Waals surface area contributed by atoms with Gasteiger partial charge in [-0.05, 0) is 116 Å². The molecule has 0 saturated carbocycles. The van der Waals surface area contributed by atoms with E-state index in [0.717, 1.165) is 96.3 Å². The fraction of sp³-hybridized carbons (Fsp3) is 0.721. The number of carbonyl (C=O) groups is 3. The van der Waals surface area contributed by atoms with E-state index in [9.17, 15) is 14.4 Å². The van der Waals surface area contributed by atoms with E-state index in [2.05, 4.69) is 106 Å². The van der Waals surface area contributed by atoms with Crippen LogP contribution in [0.1, 0.15) is 265 Å². The zero-order valence-electron chi connectivity index (χ0n) is 43.9. The summed E-state index contributed by atoms with van der Waals surface area (Å²) in [5.74, 6) is -0.946. The third kappa shape index (κ3) is 53.4. The van der Waals surface area contributed by atoms with E-state index >= 15 is 0 Å². The lowest BCUT2D eigenvalue weighted by Crippen LogP contribution is -2.30. The van der Waals surface area contributed by atoms with Gasteiger partial charge in [-0.3, -0.25) is 14.4 Å². The van der Waals surface area contributed by atoms with Gasteiger partial charge < -0.3 is 14.2 Å². The largest absolute Gasteiger partial charge is 0.462 e. The lowest BCUT2D eigenvalue weighted by Gasteiger charge is -2.18. The van der Waals surface area contributed by atoms with E-state index < -0.39 is 6.10 Å². The van der Waals surface area contributed by atoms with E-state index in [1.165, 1.54) is 128 Å². The van der Waals surface area contributed by atoms with Crippen molar-refractivity contribution in [1.29, 1.82) is 0 Å². The van der Waals surface area contributed by atoms with Crippen LogP contribution in [-0.2, 0) is 28.6 Å². The van der Waals surface area contributed by atoms with Crippen LogP contribution in [0.3, 0.4) is 0 Å². The molecule has 0 heterocycles. The van der Waals surface area contributed by atoms with Crippen molar-refractivity contribution in [3.05, 3.63) is 85.1 Å². The highest BCUT2D eigenvalue weighted by molar-refractivity contribution is 5.71. The molecular formula is C61H104O6. The van der Waals surface area contributed by atoms with Gasteiger partial charge in [0.1, 0.15) is 13.2 Å². The molecule has 6 nitrogen and oxygen atoms in total. The molecule has 1 atom stereocenters. The van der Waals surface area contributed by atoms with Crippen molar-refractivity contribution in [2.75, 3.05) is 13.2 Å². The predicted octanol–water partition coefficient (Wildman–Crippen LogP) is 18.8. The molecule has 0 aliphatic heterocycles. The third-order valence-corrected chi connectivity index (χ3v) is 11.9. The smallest absolute Gasteiger partial charge is 0.306 e. The first-order valence-electron chi connectivity index (χ1n) is 28.1. The summed E-state index contributed by atoms with van der Waals surface area (Å²) < 4.78 is 16.8. The molecule has 0 bridgehead atoms. The monoisotopic (exact) mass is 933 g/mol. The molecular weight excluding hydrogens is 829 g/mol. The Morgan fingerprint density at radius 2 is 0.582 bits per heavy atom. The molecule has 0 spiro atoms. The Hall–Kier alpha value is -3.41. The summed E-state index contributed by atoms with van der Waals surface area (Å²) in [6.45, 7) is 6.46. The van der Waals surface area contributed by atoms with Crippen LogP contribution in [0.2, 0.25) is 0 Å². The van der Waals surface area contributed by atoms with Gasteiger partial charge in [0.25, 0.3) is 0 Å². The number of carbonyl (C=O) groups excluding carboxylic acids is 3. The number of hydrogen-bond donors (Lipinski definition) is 0. The van der Waals surface area contributed by atoms with Gasteiger partial charge in [-0.1, -0.05) is 215 Å². The van der Waals surface area contributed by atoms with Crippen molar-refractivity contribution in [3.8, 4) is 0 Å². The SMILES string of the molecule is CC/C=C\C/C=C\C/C=C\C/C=C\CCCCC(=O)OCC(COC(=O)CCCCCCCCC/C=C\C/C=C\CCCCC)OC(=O)CCCCCCCCC/C=C\CCCCCCCC. The molecule has 0 aromatic carbocycles. The van der Waals surface area contributed by atoms with Gasteiger partial charge in [-0.25, -0.2) is 0 Å². The molecule has 0 N–H and O–H groups in total. The number of esters is 3.